The quantitative estimate of drug-likeness (QED) is 0.785. The average Bonchev–Trinajstić information content (AvgIpc) is 2.22. The van der Waals surface area contributed by atoms with Crippen LogP contribution in [0.15, 0.2) is 24.3 Å². The van der Waals surface area contributed by atoms with Gasteiger partial charge in [0.25, 0.3) is 0 Å². The molecule has 1 nitrogen and oxygen atoms in total. The highest BCUT2D eigenvalue weighted by atomic mass is 35.5. The van der Waals surface area contributed by atoms with E-state index in [1.807, 2.05) is 24.3 Å². The Bertz CT molecular complexity index is 344. The van der Waals surface area contributed by atoms with E-state index in [2.05, 4.69) is 12.6 Å². The van der Waals surface area contributed by atoms with E-state index in [9.17, 15) is 0 Å². The first kappa shape index (κ1) is 12.3. The van der Waals surface area contributed by atoms with E-state index < -0.39 is 0 Å². The summed E-state index contributed by atoms with van der Waals surface area (Å²) in [5.41, 5.74) is 1.49. The predicted molar refractivity (Wildman–Crippen MR) is 71.2 cm³/mol. The third-order valence-electron chi connectivity index (χ3n) is 3.32. The molecular weight excluding hydrogens is 240 g/mol. The summed E-state index contributed by atoms with van der Waals surface area (Å²) in [6.07, 6.45) is 3.83. The number of rotatable bonds is 5. The molecule has 0 bridgehead atoms. The lowest BCUT2D eigenvalue weighted by Gasteiger charge is -2.40. The molecule has 0 unspecified atom stereocenters. The first-order chi connectivity index (χ1) is 7.74. The number of ether oxygens (including phenoxy) is 1. The summed E-state index contributed by atoms with van der Waals surface area (Å²) in [5.74, 6) is 0.933. The van der Waals surface area contributed by atoms with Gasteiger partial charge in [0.15, 0.2) is 0 Å². The highest BCUT2D eigenvalue weighted by molar-refractivity contribution is 7.80. The van der Waals surface area contributed by atoms with Crippen molar-refractivity contribution in [2.24, 2.45) is 5.41 Å². The van der Waals surface area contributed by atoms with Crippen LogP contribution in [0.4, 0.5) is 0 Å². The minimum Gasteiger partial charge on any atom is -0.376 e. The fourth-order valence-corrected chi connectivity index (χ4v) is 2.66. The zero-order valence-electron chi connectivity index (χ0n) is 9.29. The maximum Gasteiger partial charge on any atom is 0.0717 e. The molecule has 0 amide bonds. The van der Waals surface area contributed by atoms with Gasteiger partial charge in [-0.1, -0.05) is 30.2 Å². The van der Waals surface area contributed by atoms with Crippen LogP contribution in [0, 0.1) is 5.41 Å². The lowest BCUT2D eigenvalue weighted by Crippen LogP contribution is -2.36. The Kier molecular flexibility index (Phi) is 4.17. The molecule has 0 radical (unpaired) electrons. The Morgan fingerprint density at radius 3 is 2.75 bits per heavy atom. The molecule has 1 saturated carbocycles. The third-order valence-corrected chi connectivity index (χ3v) is 4.22. The second kappa shape index (κ2) is 5.44. The molecule has 1 aromatic carbocycles. The molecule has 1 aliphatic carbocycles. The van der Waals surface area contributed by atoms with Gasteiger partial charge in [-0.2, -0.15) is 12.6 Å². The number of hydrogen-bond acceptors (Lipinski definition) is 2. The van der Waals surface area contributed by atoms with E-state index in [-0.39, 0.29) is 0 Å². The highest BCUT2D eigenvalue weighted by Gasteiger charge is 2.35. The van der Waals surface area contributed by atoms with Gasteiger partial charge in [-0.15, -0.1) is 0 Å². The van der Waals surface area contributed by atoms with Crippen molar-refractivity contribution in [2.45, 2.75) is 25.9 Å². The van der Waals surface area contributed by atoms with E-state index in [0.717, 1.165) is 22.9 Å². The first-order valence-electron chi connectivity index (χ1n) is 5.67. The monoisotopic (exact) mass is 256 g/mol. The van der Waals surface area contributed by atoms with Gasteiger partial charge in [0.05, 0.1) is 13.2 Å². The zero-order chi connectivity index (χ0) is 11.4. The molecule has 88 valence electrons. The summed E-state index contributed by atoms with van der Waals surface area (Å²) in [5, 5.41) is 0.772. The fraction of sp³-hybridized carbons (Fsp3) is 0.538. The topological polar surface area (TPSA) is 9.23 Å². The van der Waals surface area contributed by atoms with Gasteiger partial charge >= 0.3 is 0 Å². The third kappa shape index (κ3) is 2.93. The van der Waals surface area contributed by atoms with E-state index in [1.54, 1.807) is 0 Å². The minimum absolute atomic E-state index is 0.349. The molecule has 0 atom stereocenters. The lowest BCUT2D eigenvalue weighted by atomic mass is 9.71. The summed E-state index contributed by atoms with van der Waals surface area (Å²) in [4.78, 5) is 0. The Labute approximate surface area is 108 Å². The number of thiol groups is 1. The van der Waals surface area contributed by atoms with E-state index >= 15 is 0 Å². The van der Waals surface area contributed by atoms with Gasteiger partial charge in [0.1, 0.15) is 0 Å². The van der Waals surface area contributed by atoms with Crippen molar-refractivity contribution < 1.29 is 4.74 Å². The average molecular weight is 257 g/mol. The van der Waals surface area contributed by atoms with Gasteiger partial charge in [0, 0.05) is 10.4 Å². The van der Waals surface area contributed by atoms with Crippen LogP contribution in [0.1, 0.15) is 24.8 Å². The van der Waals surface area contributed by atoms with Crippen LogP contribution in [-0.4, -0.2) is 12.4 Å². The van der Waals surface area contributed by atoms with Crippen molar-refractivity contribution in [2.75, 3.05) is 12.4 Å². The van der Waals surface area contributed by atoms with Crippen molar-refractivity contribution in [3.63, 3.8) is 0 Å². The standard InChI is InChI=1S/C13H17ClOS/c14-12-4-1-3-11(7-12)8-15-9-13(10-16)5-2-6-13/h1,3-4,7,16H,2,5-6,8-10H2. The maximum atomic E-state index is 5.91. The molecular formula is C13H17ClOS. The summed E-state index contributed by atoms with van der Waals surface area (Å²) in [7, 11) is 0. The second-order valence-electron chi connectivity index (χ2n) is 4.63. The normalized spacial score (nSPS) is 18.1. The van der Waals surface area contributed by atoms with Gasteiger partial charge in [-0.25, -0.2) is 0 Å². The Hall–Kier alpha value is -0.180. The van der Waals surface area contributed by atoms with E-state index in [1.165, 1.54) is 19.3 Å². The second-order valence-corrected chi connectivity index (χ2v) is 5.39. The largest absolute Gasteiger partial charge is 0.376 e. The maximum absolute atomic E-state index is 5.91. The molecule has 0 saturated heterocycles. The fourth-order valence-electron chi connectivity index (χ4n) is 2.04. The molecule has 16 heavy (non-hydrogen) atoms. The minimum atomic E-state index is 0.349. The Balaban J connectivity index is 1.79. The SMILES string of the molecule is SCC1(COCc2cccc(Cl)c2)CCC1. The van der Waals surface area contributed by atoms with Crippen LogP contribution in [0.3, 0.4) is 0 Å². The molecule has 1 aliphatic rings. The number of benzene rings is 1. The van der Waals surface area contributed by atoms with Crippen LogP contribution in [-0.2, 0) is 11.3 Å². The molecule has 3 heteroatoms. The van der Waals surface area contributed by atoms with Gasteiger partial charge in [0.2, 0.25) is 0 Å². The Morgan fingerprint density at radius 2 is 2.19 bits per heavy atom. The molecule has 0 spiro atoms. The number of halogens is 1. The van der Waals surface area contributed by atoms with Gasteiger partial charge in [-0.3, -0.25) is 0 Å². The Morgan fingerprint density at radius 1 is 1.38 bits per heavy atom. The summed E-state index contributed by atoms with van der Waals surface area (Å²) < 4.78 is 5.77. The molecule has 0 heterocycles. The summed E-state index contributed by atoms with van der Waals surface area (Å²) in [6.45, 7) is 1.47. The molecule has 2 rings (SSSR count). The molecule has 0 aliphatic heterocycles. The van der Waals surface area contributed by atoms with Crippen molar-refractivity contribution in [3.8, 4) is 0 Å². The predicted octanol–water partition coefficient (Wildman–Crippen LogP) is 3.96. The van der Waals surface area contributed by atoms with Gasteiger partial charge < -0.3 is 4.74 Å². The highest BCUT2D eigenvalue weighted by Crippen LogP contribution is 2.42. The smallest absolute Gasteiger partial charge is 0.0717 e. The lowest BCUT2D eigenvalue weighted by molar-refractivity contribution is 0.00219. The molecule has 1 aromatic rings. The molecule has 1 fully saturated rings. The van der Waals surface area contributed by atoms with E-state index in [4.69, 9.17) is 16.3 Å². The van der Waals surface area contributed by atoms with Crippen LogP contribution >= 0.6 is 24.2 Å². The van der Waals surface area contributed by atoms with Crippen molar-refractivity contribution >= 4 is 24.2 Å². The van der Waals surface area contributed by atoms with Crippen molar-refractivity contribution in [3.05, 3.63) is 34.9 Å². The number of hydrogen-bond donors (Lipinski definition) is 1. The van der Waals surface area contributed by atoms with Gasteiger partial charge in [-0.05, 0) is 36.3 Å². The van der Waals surface area contributed by atoms with Crippen molar-refractivity contribution in [1.82, 2.24) is 0 Å². The molecule has 0 aromatic heterocycles. The molecule has 0 N–H and O–H groups in total. The first-order valence-corrected chi connectivity index (χ1v) is 6.68. The zero-order valence-corrected chi connectivity index (χ0v) is 10.9. The van der Waals surface area contributed by atoms with Crippen LogP contribution in [0.2, 0.25) is 5.02 Å². The van der Waals surface area contributed by atoms with Crippen LogP contribution in [0.5, 0.6) is 0 Å². The summed E-state index contributed by atoms with van der Waals surface area (Å²) in [6, 6.07) is 7.83. The van der Waals surface area contributed by atoms with Crippen LogP contribution < -0.4 is 0 Å². The van der Waals surface area contributed by atoms with Crippen LogP contribution in [0.25, 0.3) is 0 Å². The van der Waals surface area contributed by atoms with E-state index in [0.29, 0.717) is 12.0 Å². The van der Waals surface area contributed by atoms with Crippen molar-refractivity contribution in [1.29, 1.82) is 0 Å². The summed E-state index contributed by atoms with van der Waals surface area (Å²) >= 11 is 10.3.